The molecule has 4 rings (SSSR count). The van der Waals surface area contributed by atoms with Crippen molar-refractivity contribution in [1.29, 1.82) is 0 Å². The fraction of sp³-hybridized carbons (Fsp3) is 0.467. The molecule has 0 unspecified atom stereocenters. The minimum absolute atomic E-state index is 0.0297. The van der Waals surface area contributed by atoms with E-state index in [1.807, 2.05) is 19.0 Å². The van der Waals surface area contributed by atoms with Gasteiger partial charge < -0.3 is 19.5 Å². The summed E-state index contributed by atoms with van der Waals surface area (Å²) in [4.78, 5) is 20.3. The number of alkyl halides is 1. The van der Waals surface area contributed by atoms with Gasteiger partial charge in [-0.3, -0.25) is 14.7 Å². The Morgan fingerprint density at radius 1 is 1.12 bits per heavy atom. The molecule has 2 heterocycles. The zero-order chi connectivity index (χ0) is 28.9. The van der Waals surface area contributed by atoms with Crippen LogP contribution in [0.1, 0.15) is 43.8 Å². The van der Waals surface area contributed by atoms with Crippen LogP contribution in [0.4, 0.5) is 18.9 Å². The van der Waals surface area contributed by atoms with Crippen molar-refractivity contribution in [3.05, 3.63) is 59.8 Å². The number of hydrogen-bond donors (Lipinski definition) is 1. The van der Waals surface area contributed by atoms with Crippen molar-refractivity contribution < 1.29 is 32.5 Å². The normalized spacial score (nSPS) is 16.1. The second-order valence-electron chi connectivity index (χ2n) is 10.7. The summed E-state index contributed by atoms with van der Waals surface area (Å²) in [6.45, 7) is 2.03. The number of benzene rings is 2. The highest BCUT2D eigenvalue weighted by Gasteiger charge is 2.37. The number of ether oxygens (including phenoxy) is 2. The molecule has 0 spiro atoms. The third-order valence-electron chi connectivity index (χ3n) is 7.77. The van der Waals surface area contributed by atoms with Crippen molar-refractivity contribution in [3.63, 3.8) is 0 Å². The van der Waals surface area contributed by atoms with Crippen molar-refractivity contribution in [2.75, 3.05) is 52.3 Å². The number of aliphatic carboxylic acids is 1. The van der Waals surface area contributed by atoms with E-state index in [9.17, 15) is 18.7 Å². The van der Waals surface area contributed by atoms with Gasteiger partial charge in [-0.05, 0) is 62.4 Å². The van der Waals surface area contributed by atoms with Gasteiger partial charge in [-0.1, -0.05) is 0 Å². The standard InChI is InChI=1S/C30H36F3N3O4/c1-35(2)27-19-34-26-5-4-22(39-3)17-24(26)29(27)25(33)6-7-30(18-28(37)38)8-10-36(11-9-30)12-13-40-23-15-20(31)14-21(32)16-23/h4-5,14-17,19,25H,6-13,18H2,1-3H3,(H,37,38)/t25-/m0/s1. The lowest BCUT2D eigenvalue weighted by Crippen LogP contribution is -2.42. The molecule has 1 atom stereocenters. The van der Waals surface area contributed by atoms with Gasteiger partial charge >= 0.3 is 5.97 Å². The van der Waals surface area contributed by atoms with Gasteiger partial charge in [-0.25, -0.2) is 13.2 Å². The van der Waals surface area contributed by atoms with Crippen LogP contribution in [0.2, 0.25) is 0 Å². The topological polar surface area (TPSA) is 75.1 Å². The molecule has 0 bridgehead atoms. The average molecular weight is 560 g/mol. The van der Waals surface area contributed by atoms with Crippen molar-refractivity contribution in [3.8, 4) is 11.5 Å². The number of fused-ring (bicyclic) bond motifs is 1. The number of carbonyl (C=O) groups is 1. The zero-order valence-electron chi connectivity index (χ0n) is 23.1. The van der Waals surface area contributed by atoms with E-state index in [-0.39, 0.29) is 25.2 Å². The van der Waals surface area contributed by atoms with Gasteiger partial charge in [0.2, 0.25) is 0 Å². The van der Waals surface area contributed by atoms with Crippen LogP contribution in [0.5, 0.6) is 11.5 Å². The molecular formula is C30H36F3N3O4. The van der Waals surface area contributed by atoms with Crippen LogP contribution < -0.4 is 14.4 Å². The third kappa shape index (κ3) is 7.15. The van der Waals surface area contributed by atoms with E-state index in [2.05, 4.69) is 9.88 Å². The van der Waals surface area contributed by atoms with E-state index >= 15 is 4.39 Å². The highest BCUT2D eigenvalue weighted by atomic mass is 19.1. The van der Waals surface area contributed by atoms with Crippen molar-refractivity contribution >= 4 is 22.6 Å². The molecule has 1 aliphatic heterocycles. The van der Waals surface area contributed by atoms with Crippen molar-refractivity contribution in [1.82, 2.24) is 9.88 Å². The van der Waals surface area contributed by atoms with Gasteiger partial charge in [-0.15, -0.1) is 0 Å². The van der Waals surface area contributed by atoms with Crippen LogP contribution in [0.25, 0.3) is 10.9 Å². The zero-order valence-corrected chi connectivity index (χ0v) is 23.1. The third-order valence-corrected chi connectivity index (χ3v) is 7.77. The second-order valence-corrected chi connectivity index (χ2v) is 10.7. The lowest BCUT2D eigenvalue weighted by atomic mass is 9.71. The molecule has 1 aliphatic rings. The Hall–Kier alpha value is -3.53. The van der Waals surface area contributed by atoms with Gasteiger partial charge in [-0.2, -0.15) is 0 Å². The van der Waals surface area contributed by atoms with Crippen LogP contribution in [0.3, 0.4) is 0 Å². The summed E-state index contributed by atoms with van der Waals surface area (Å²) in [6, 6.07) is 8.45. The summed E-state index contributed by atoms with van der Waals surface area (Å²) in [5.74, 6) is -1.56. The first-order chi connectivity index (χ1) is 19.1. The number of anilines is 1. The lowest BCUT2D eigenvalue weighted by Gasteiger charge is -2.41. The van der Waals surface area contributed by atoms with Crippen LogP contribution in [0.15, 0.2) is 42.6 Å². The minimum atomic E-state index is -1.32. The van der Waals surface area contributed by atoms with E-state index in [0.717, 1.165) is 18.2 Å². The maximum Gasteiger partial charge on any atom is 0.303 e. The smallest absolute Gasteiger partial charge is 0.303 e. The SMILES string of the molecule is COc1ccc2ncc(N(C)C)c([C@@H](F)CCC3(CC(=O)O)CCN(CCOc4cc(F)cc(F)c4)CC3)c2c1. The minimum Gasteiger partial charge on any atom is -0.497 e. The fourth-order valence-electron chi connectivity index (χ4n) is 5.56. The molecule has 1 saturated heterocycles. The number of aromatic nitrogens is 1. The Morgan fingerprint density at radius 2 is 1.82 bits per heavy atom. The van der Waals surface area contributed by atoms with Crippen LogP contribution in [-0.2, 0) is 4.79 Å². The number of methoxy groups -OCH3 is 1. The number of likely N-dealkylation sites (tertiary alicyclic amines) is 1. The summed E-state index contributed by atoms with van der Waals surface area (Å²) in [5, 5.41) is 10.4. The Balaban J connectivity index is 1.43. The number of carboxylic acid groups (broad SMARTS) is 1. The quantitative estimate of drug-likeness (QED) is 0.291. The van der Waals surface area contributed by atoms with E-state index < -0.39 is 29.2 Å². The molecule has 1 N–H and O–H groups in total. The molecule has 0 radical (unpaired) electrons. The average Bonchev–Trinajstić information content (AvgIpc) is 2.91. The van der Waals surface area contributed by atoms with Gasteiger partial charge in [0.05, 0.1) is 30.9 Å². The molecule has 1 fully saturated rings. The number of halogens is 3. The molecule has 1 aromatic heterocycles. The van der Waals surface area contributed by atoms with Crippen LogP contribution in [0, 0.1) is 17.0 Å². The predicted octanol–water partition coefficient (Wildman–Crippen LogP) is 6.01. The molecule has 2 aromatic carbocycles. The number of piperidine rings is 1. The van der Waals surface area contributed by atoms with E-state index in [4.69, 9.17) is 9.47 Å². The maximum absolute atomic E-state index is 16.1. The first-order valence-electron chi connectivity index (χ1n) is 13.4. The molecule has 40 heavy (non-hydrogen) atoms. The summed E-state index contributed by atoms with van der Waals surface area (Å²) < 4.78 is 53.8. The Morgan fingerprint density at radius 3 is 2.45 bits per heavy atom. The lowest BCUT2D eigenvalue weighted by molar-refractivity contribution is -0.141. The number of nitrogens with zero attached hydrogens (tertiary/aromatic N) is 3. The van der Waals surface area contributed by atoms with Crippen molar-refractivity contribution in [2.45, 2.75) is 38.3 Å². The monoisotopic (exact) mass is 559 g/mol. The van der Waals surface area contributed by atoms with Gasteiger partial charge in [0, 0.05) is 49.8 Å². The second kappa shape index (κ2) is 12.8. The Labute approximate surface area is 232 Å². The summed E-state index contributed by atoms with van der Waals surface area (Å²) in [6.07, 6.45) is 2.13. The Kier molecular flexibility index (Phi) is 9.40. The molecule has 216 valence electrons. The largest absolute Gasteiger partial charge is 0.497 e. The predicted molar refractivity (Wildman–Crippen MR) is 148 cm³/mol. The van der Waals surface area contributed by atoms with Crippen LogP contribution >= 0.6 is 0 Å². The number of hydrogen-bond acceptors (Lipinski definition) is 6. The highest BCUT2D eigenvalue weighted by molar-refractivity contribution is 5.88. The van der Waals surface area contributed by atoms with Crippen LogP contribution in [-0.4, -0.2) is 68.4 Å². The van der Waals surface area contributed by atoms with E-state index in [1.165, 1.54) is 0 Å². The molecule has 7 nitrogen and oxygen atoms in total. The first kappa shape index (κ1) is 29.5. The van der Waals surface area contributed by atoms with E-state index in [1.54, 1.807) is 31.5 Å². The van der Waals surface area contributed by atoms with Gasteiger partial charge in [0.1, 0.15) is 35.9 Å². The summed E-state index contributed by atoms with van der Waals surface area (Å²) in [7, 11) is 5.25. The number of rotatable bonds is 12. The maximum atomic E-state index is 16.1. The Bertz CT molecular complexity index is 1310. The fourth-order valence-corrected chi connectivity index (χ4v) is 5.56. The van der Waals surface area contributed by atoms with E-state index in [0.29, 0.717) is 66.8 Å². The summed E-state index contributed by atoms with van der Waals surface area (Å²) in [5.41, 5.74) is 1.34. The molecular weight excluding hydrogens is 523 g/mol. The summed E-state index contributed by atoms with van der Waals surface area (Å²) >= 11 is 0. The molecule has 0 amide bonds. The first-order valence-corrected chi connectivity index (χ1v) is 13.4. The molecule has 0 saturated carbocycles. The molecule has 10 heteroatoms. The molecule has 3 aromatic rings. The molecule has 0 aliphatic carbocycles. The van der Waals surface area contributed by atoms with Gasteiger partial charge in [0.15, 0.2) is 0 Å². The number of pyridine rings is 1. The van der Waals surface area contributed by atoms with Crippen molar-refractivity contribution in [2.24, 2.45) is 5.41 Å². The highest BCUT2D eigenvalue weighted by Crippen LogP contribution is 2.44. The number of carboxylic acids is 1. The van der Waals surface area contributed by atoms with Gasteiger partial charge in [0.25, 0.3) is 0 Å².